The molecule has 0 spiro atoms. The number of hydrogen-bond acceptors (Lipinski definition) is 4. The zero-order valence-corrected chi connectivity index (χ0v) is 17.4. The van der Waals surface area contributed by atoms with Crippen LogP contribution in [0.4, 0.5) is 5.69 Å². The van der Waals surface area contributed by atoms with Gasteiger partial charge in [-0.1, -0.05) is 34.1 Å². The summed E-state index contributed by atoms with van der Waals surface area (Å²) >= 11 is 3.34. The SMILES string of the molecule is CC=Cc1ccc(OCC(=O)NCCC(=O)Nc2ccc(Br)cc2)c(OC)c1. The van der Waals surface area contributed by atoms with E-state index in [1.165, 1.54) is 0 Å². The topological polar surface area (TPSA) is 76.7 Å². The molecule has 28 heavy (non-hydrogen) atoms. The van der Waals surface area contributed by atoms with E-state index >= 15 is 0 Å². The third kappa shape index (κ3) is 7.08. The molecule has 7 heteroatoms. The van der Waals surface area contributed by atoms with Gasteiger partial charge in [0.15, 0.2) is 18.1 Å². The van der Waals surface area contributed by atoms with E-state index in [0.29, 0.717) is 17.2 Å². The fraction of sp³-hybridized carbons (Fsp3) is 0.238. The van der Waals surface area contributed by atoms with Crippen LogP contribution in [0, 0.1) is 0 Å². The van der Waals surface area contributed by atoms with E-state index < -0.39 is 0 Å². The fourth-order valence-corrected chi connectivity index (χ4v) is 2.63. The van der Waals surface area contributed by atoms with Crippen LogP contribution in [0.15, 0.2) is 53.0 Å². The maximum atomic E-state index is 11.9. The molecule has 2 amide bonds. The number of halogens is 1. The number of nitrogens with one attached hydrogen (secondary N) is 2. The van der Waals surface area contributed by atoms with Crippen molar-refractivity contribution in [2.75, 3.05) is 25.6 Å². The summed E-state index contributed by atoms with van der Waals surface area (Å²) in [7, 11) is 1.55. The molecule has 0 unspecified atom stereocenters. The Bertz CT molecular complexity index is 835. The molecule has 2 aromatic rings. The predicted molar refractivity (Wildman–Crippen MR) is 114 cm³/mol. The van der Waals surface area contributed by atoms with Crippen molar-refractivity contribution >= 4 is 39.5 Å². The Labute approximate surface area is 173 Å². The Hall–Kier alpha value is -2.80. The number of carbonyl (C=O) groups is 2. The van der Waals surface area contributed by atoms with Gasteiger partial charge in [0.25, 0.3) is 5.91 Å². The molecule has 0 aliphatic carbocycles. The average molecular weight is 447 g/mol. The molecule has 0 bridgehead atoms. The summed E-state index contributed by atoms with van der Waals surface area (Å²) in [6, 6.07) is 12.7. The van der Waals surface area contributed by atoms with Gasteiger partial charge in [0.05, 0.1) is 7.11 Å². The number of amides is 2. The van der Waals surface area contributed by atoms with Gasteiger partial charge in [0.1, 0.15) is 0 Å². The Morgan fingerprint density at radius 3 is 2.50 bits per heavy atom. The van der Waals surface area contributed by atoms with Crippen LogP contribution in [-0.4, -0.2) is 32.1 Å². The van der Waals surface area contributed by atoms with Crippen molar-refractivity contribution in [3.05, 3.63) is 58.6 Å². The zero-order valence-electron chi connectivity index (χ0n) is 15.8. The number of ether oxygens (including phenoxy) is 2. The molecular formula is C21H23BrN2O4. The van der Waals surface area contributed by atoms with E-state index in [1.807, 2.05) is 43.3 Å². The van der Waals surface area contributed by atoms with E-state index in [2.05, 4.69) is 26.6 Å². The first-order valence-corrected chi connectivity index (χ1v) is 9.56. The minimum atomic E-state index is -0.309. The van der Waals surface area contributed by atoms with E-state index in [4.69, 9.17) is 9.47 Å². The van der Waals surface area contributed by atoms with Crippen LogP contribution in [0.2, 0.25) is 0 Å². The third-order valence-electron chi connectivity index (χ3n) is 3.71. The van der Waals surface area contributed by atoms with Gasteiger partial charge in [-0.15, -0.1) is 0 Å². The maximum Gasteiger partial charge on any atom is 0.257 e. The largest absolute Gasteiger partial charge is 0.493 e. The monoisotopic (exact) mass is 446 g/mol. The predicted octanol–water partition coefficient (Wildman–Crippen LogP) is 4.01. The highest BCUT2D eigenvalue weighted by atomic mass is 79.9. The summed E-state index contributed by atoms with van der Waals surface area (Å²) in [6.45, 7) is 2.00. The minimum absolute atomic E-state index is 0.159. The van der Waals surface area contributed by atoms with Crippen molar-refractivity contribution < 1.29 is 19.1 Å². The first-order valence-electron chi connectivity index (χ1n) is 8.77. The van der Waals surface area contributed by atoms with Gasteiger partial charge in [0, 0.05) is 23.1 Å². The van der Waals surface area contributed by atoms with Gasteiger partial charge in [-0.25, -0.2) is 0 Å². The molecule has 2 aromatic carbocycles. The molecule has 6 nitrogen and oxygen atoms in total. The fourth-order valence-electron chi connectivity index (χ4n) is 2.37. The lowest BCUT2D eigenvalue weighted by atomic mass is 10.2. The quantitative estimate of drug-likeness (QED) is 0.609. The summed E-state index contributed by atoms with van der Waals surface area (Å²) in [6.07, 6.45) is 4.04. The standard InChI is InChI=1S/C21H23BrN2O4/c1-3-4-15-5-10-18(19(13-15)27-2)28-14-21(26)23-12-11-20(25)24-17-8-6-16(22)7-9-17/h3-10,13H,11-12,14H2,1-2H3,(H,23,26)(H,24,25). The highest BCUT2D eigenvalue weighted by molar-refractivity contribution is 9.10. The molecule has 0 aliphatic heterocycles. The lowest BCUT2D eigenvalue weighted by Gasteiger charge is -2.11. The van der Waals surface area contributed by atoms with Crippen molar-refractivity contribution in [2.24, 2.45) is 0 Å². The molecule has 0 aliphatic rings. The molecule has 148 valence electrons. The van der Waals surface area contributed by atoms with Crippen LogP contribution in [0.3, 0.4) is 0 Å². The summed E-state index contributed by atoms with van der Waals surface area (Å²) < 4.78 is 11.8. The highest BCUT2D eigenvalue weighted by Crippen LogP contribution is 2.28. The molecule has 0 saturated carbocycles. The summed E-state index contributed by atoms with van der Waals surface area (Å²) in [5, 5.41) is 5.43. The van der Waals surface area contributed by atoms with Crippen molar-refractivity contribution in [2.45, 2.75) is 13.3 Å². The Morgan fingerprint density at radius 2 is 1.82 bits per heavy atom. The number of carbonyl (C=O) groups excluding carboxylic acids is 2. The van der Waals surface area contributed by atoms with E-state index in [0.717, 1.165) is 10.0 Å². The van der Waals surface area contributed by atoms with Gasteiger partial charge in [0.2, 0.25) is 5.91 Å². The Morgan fingerprint density at radius 1 is 1.07 bits per heavy atom. The smallest absolute Gasteiger partial charge is 0.257 e. The number of rotatable bonds is 9. The molecule has 0 radical (unpaired) electrons. The van der Waals surface area contributed by atoms with Crippen molar-refractivity contribution in [1.29, 1.82) is 0 Å². The minimum Gasteiger partial charge on any atom is -0.493 e. The van der Waals surface area contributed by atoms with Crippen molar-refractivity contribution in [3.8, 4) is 11.5 Å². The van der Waals surface area contributed by atoms with Crippen LogP contribution >= 0.6 is 15.9 Å². The highest BCUT2D eigenvalue weighted by Gasteiger charge is 2.09. The van der Waals surface area contributed by atoms with E-state index in [1.54, 1.807) is 25.3 Å². The first-order chi connectivity index (χ1) is 13.5. The van der Waals surface area contributed by atoms with Crippen LogP contribution in [0.25, 0.3) is 6.08 Å². The maximum absolute atomic E-state index is 11.9. The van der Waals surface area contributed by atoms with Crippen LogP contribution in [0.1, 0.15) is 18.9 Å². The molecule has 0 aromatic heterocycles. The van der Waals surface area contributed by atoms with E-state index in [-0.39, 0.29) is 31.4 Å². The zero-order chi connectivity index (χ0) is 20.4. The van der Waals surface area contributed by atoms with Gasteiger partial charge < -0.3 is 20.1 Å². The molecule has 0 atom stereocenters. The first kappa shape index (κ1) is 21.5. The molecule has 2 rings (SSSR count). The number of hydrogen-bond donors (Lipinski definition) is 2. The Balaban J connectivity index is 1.74. The second kappa shape index (κ2) is 11.1. The van der Waals surface area contributed by atoms with Crippen LogP contribution in [-0.2, 0) is 9.59 Å². The number of methoxy groups -OCH3 is 1. The average Bonchev–Trinajstić information content (AvgIpc) is 2.69. The molecule has 0 fully saturated rings. The van der Waals surface area contributed by atoms with Gasteiger partial charge in [-0.05, 0) is 48.9 Å². The number of allylic oxidation sites excluding steroid dienone is 1. The Kier molecular flexibility index (Phi) is 8.55. The second-order valence-corrected chi connectivity index (χ2v) is 6.77. The second-order valence-electron chi connectivity index (χ2n) is 5.85. The molecule has 2 N–H and O–H groups in total. The van der Waals surface area contributed by atoms with Gasteiger partial charge in [-0.2, -0.15) is 0 Å². The van der Waals surface area contributed by atoms with Crippen LogP contribution in [0.5, 0.6) is 11.5 Å². The van der Waals surface area contributed by atoms with Crippen molar-refractivity contribution in [1.82, 2.24) is 5.32 Å². The molecular weight excluding hydrogens is 424 g/mol. The summed E-state index contributed by atoms with van der Waals surface area (Å²) in [5.74, 6) is 0.553. The third-order valence-corrected chi connectivity index (χ3v) is 4.24. The molecule has 0 saturated heterocycles. The van der Waals surface area contributed by atoms with Crippen LogP contribution < -0.4 is 20.1 Å². The summed E-state index contributed by atoms with van der Waals surface area (Å²) in [4.78, 5) is 23.8. The lowest BCUT2D eigenvalue weighted by molar-refractivity contribution is -0.123. The van der Waals surface area contributed by atoms with Gasteiger partial charge >= 0.3 is 0 Å². The van der Waals surface area contributed by atoms with Crippen molar-refractivity contribution in [3.63, 3.8) is 0 Å². The number of benzene rings is 2. The normalized spacial score (nSPS) is 10.5. The lowest BCUT2D eigenvalue weighted by Crippen LogP contribution is -2.31. The summed E-state index contributed by atoms with van der Waals surface area (Å²) in [5.41, 5.74) is 1.68. The molecule has 0 heterocycles. The van der Waals surface area contributed by atoms with E-state index in [9.17, 15) is 9.59 Å². The van der Waals surface area contributed by atoms with Gasteiger partial charge in [-0.3, -0.25) is 9.59 Å². The number of anilines is 1.